The van der Waals surface area contributed by atoms with Gasteiger partial charge in [-0.2, -0.15) is 0 Å². The van der Waals surface area contributed by atoms with Gasteiger partial charge in [0.25, 0.3) is 0 Å². The predicted octanol–water partition coefficient (Wildman–Crippen LogP) is 2.58. The molecule has 0 heterocycles. The van der Waals surface area contributed by atoms with E-state index in [1.807, 2.05) is 0 Å². The van der Waals surface area contributed by atoms with Crippen molar-refractivity contribution in [3.63, 3.8) is 0 Å². The van der Waals surface area contributed by atoms with Crippen molar-refractivity contribution in [2.24, 2.45) is 0 Å². The van der Waals surface area contributed by atoms with Crippen LogP contribution in [0.1, 0.15) is 38.3 Å². The van der Waals surface area contributed by atoms with E-state index < -0.39 is 17.5 Å². The minimum Gasteiger partial charge on any atom is -0.444 e. The summed E-state index contributed by atoms with van der Waals surface area (Å²) in [6.07, 6.45) is -0.125. The van der Waals surface area contributed by atoms with E-state index in [0.29, 0.717) is 18.5 Å². The summed E-state index contributed by atoms with van der Waals surface area (Å²) in [4.78, 5) is 11.4. The number of alkyl carbamates (subject to hydrolysis) is 1. The molecular weight excluding hydrogens is 273 g/mol. The van der Waals surface area contributed by atoms with Crippen LogP contribution in [0.25, 0.3) is 0 Å². The first-order valence-corrected chi connectivity index (χ1v) is 6.67. The SMILES string of the molecule is CC(C)(C)OC(=O)NCCC#Cc1cc(CO)ccc1F. The topological polar surface area (TPSA) is 58.6 Å². The zero-order chi connectivity index (χ0) is 15.9. The molecule has 0 atom stereocenters. The molecule has 0 saturated carbocycles. The lowest BCUT2D eigenvalue weighted by Crippen LogP contribution is -2.32. The molecule has 0 saturated heterocycles. The summed E-state index contributed by atoms with van der Waals surface area (Å²) in [6, 6.07) is 4.28. The maximum Gasteiger partial charge on any atom is 0.407 e. The van der Waals surface area contributed by atoms with Crippen molar-refractivity contribution in [1.29, 1.82) is 0 Å². The van der Waals surface area contributed by atoms with Crippen LogP contribution >= 0.6 is 0 Å². The molecular formula is C16H20FNO3. The third kappa shape index (κ3) is 6.77. The van der Waals surface area contributed by atoms with Crippen molar-refractivity contribution in [1.82, 2.24) is 5.32 Å². The fourth-order valence-electron chi connectivity index (χ4n) is 1.47. The van der Waals surface area contributed by atoms with Crippen LogP contribution in [0.5, 0.6) is 0 Å². The Kier molecular flexibility index (Phi) is 6.19. The molecule has 0 spiro atoms. The molecule has 0 unspecified atom stereocenters. The number of hydrogen-bond donors (Lipinski definition) is 2. The first-order chi connectivity index (χ1) is 9.81. The number of benzene rings is 1. The maximum absolute atomic E-state index is 13.5. The molecule has 4 nitrogen and oxygen atoms in total. The molecule has 0 aliphatic heterocycles. The van der Waals surface area contributed by atoms with E-state index in [9.17, 15) is 9.18 Å². The van der Waals surface area contributed by atoms with Crippen LogP contribution in [0.3, 0.4) is 0 Å². The summed E-state index contributed by atoms with van der Waals surface area (Å²) >= 11 is 0. The van der Waals surface area contributed by atoms with Gasteiger partial charge in [-0.05, 0) is 38.5 Å². The van der Waals surface area contributed by atoms with Crippen LogP contribution in [-0.4, -0.2) is 23.3 Å². The first kappa shape index (κ1) is 17.0. The molecule has 1 aromatic rings. The number of rotatable bonds is 3. The maximum atomic E-state index is 13.5. The quantitative estimate of drug-likeness (QED) is 0.665. The molecule has 0 bridgehead atoms. The molecule has 0 fully saturated rings. The molecule has 21 heavy (non-hydrogen) atoms. The molecule has 1 amide bonds. The second-order valence-electron chi connectivity index (χ2n) is 5.45. The average Bonchev–Trinajstić information content (AvgIpc) is 2.38. The van der Waals surface area contributed by atoms with Crippen LogP contribution in [-0.2, 0) is 11.3 Å². The van der Waals surface area contributed by atoms with E-state index in [2.05, 4.69) is 17.2 Å². The van der Waals surface area contributed by atoms with Gasteiger partial charge in [0.15, 0.2) is 0 Å². The lowest BCUT2D eigenvalue weighted by molar-refractivity contribution is 0.0529. The van der Waals surface area contributed by atoms with Gasteiger partial charge in [0, 0.05) is 13.0 Å². The third-order valence-electron chi connectivity index (χ3n) is 2.35. The molecule has 1 rings (SSSR count). The van der Waals surface area contributed by atoms with Crippen LogP contribution in [0, 0.1) is 17.7 Å². The molecule has 0 aromatic heterocycles. The highest BCUT2D eigenvalue weighted by molar-refractivity contribution is 5.67. The zero-order valence-corrected chi connectivity index (χ0v) is 12.5. The van der Waals surface area contributed by atoms with Gasteiger partial charge in [-0.25, -0.2) is 9.18 Å². The van der Waals surface area contributed by atoms with Gasteiger partial charge in [-0.3, -0.25) is 0 Å². The number of carbonyl (C=O) groups excluding carboxylic acids is 1. The third-order valence-corrected chi connectivity index (χ3v) is 2.35. The molecule has 0 radical (unpaired) electrons. The Hall–Kier alpha value is -2.06. The normalized spacial score (nSPS) is 10.5. The van der Waals surface area contributed by atoms with Crippen LogP contribution < -0.4 is 5.32 Å². The van der Waals surface area contributed by atoms with E-state index in [0.717, 1.165) is 0 Å². The minimum atomic E-state index is -0.538. The smallest absolute Gasteiger partial charge is 0.407 e. The summed E-state index contributed by atoms with van der Waals surface area (Å²) in [5, 5.41) is 11.5. The van der Waals surface area contributed by atoms with E-state index in [4.69, 9.17) is 9.84 Å². The largest absolute Gasteiger partial charge is 0.444 e. The number of aliphatic hydroxyl groups excluding tert-OH is 1. The van der Waals surface area contributed by atoms with Gasteiger partial charge in [-0.15, -0.1) is 0 Å². The van der Waals surface area contributed by atoms with Gasteiger partial charge in [0.05, 0.1) is 12.2 Å². The number of ether oxygens (including phenoxy) is 1. The van der Waals surface area contributed by atoms with Gasteiger partial charge >= 0.3 is 6.09 Å². The van der Waals surface area contributed by atoms with Crippen LogP contribution in [0.2, 0.25) is 0 Å². The van der Waals surface area contributed by atoms with Crippen molar-refractivity contribution in [2.75, 3.05) is 6.54 Å². The highest BCUT2D eigenvalue weighted by Gasteiger charge is 2.15. The predicted molar refractivity (Wildman–Crippen MR) is 78.1 cm³/mol. The van der Waals surface area contributed by atoms with Gasteiger partial charge in [0.2, 0.25) is 0 Å². The molecule has 1 aromatic carbocycles. The summed E-state index contributed by atoms with van der Waals surface area (Å²) in [5.41, 5.74) is 0.301. The number of carbonyl (C=O) groups is 1. The number of amides is 1. The fraction of sp³-hybridized carbons (Fsp3) is 0.438. The van der Waals surface area contributed by atoms with E-state index in [1.54, 1.807) is 20.8 Å². The highest BCUT2D eigenvalue weighted by Crippen LogP contribution is 2.09. The monoisotopic (exact) mass is 293 g/mol. The Morgan fingerprint density at radius 2 is 2.14 bits per heavy atom. The van der Waals surface area contributed by atoms with Crippen molar-refractivity contribution in [2.45, 2.75) is 39.4 Å². The molecule has 114 valence electrons. The number of halogens is 1. The summed E-state index contributed by atoms with van der Waals surface area (Å²) in [5.74, 6) is 5.02. The average molecular weight is 293 g/mol. The summed E-state index contributed by atoms with van der Waals surface area (Å²) in [7, 11) is 0. The Morgan fingerprint density at radius 1 is 1.43 bits per heavy atom. The molecule has 0 aliphatic carbocycles. The van der Waals surface area contributed by atoms with Crippen molar-refractivity contribution in [3.8, 4) is 11.8 Å². The Balaban J connectivity index is 2.45. The van der Waals surface area contributed by atoms with E-state index >= 15 is 0 Å². The Bertz CT molecular complexity index is 553. The lowest BCUT2D eigenvalue weighted by atomic mass is 10.1. The Labute approximate surface area is 124 Å². The zero-order valence-electron chi connectivity index (χ0n) is 12.5. The number of aliphatic hydroxyl groups is 1. The minimum absolute atomic E-state index is 0.158. The van der Waals surface area contributed by atoms with Gasteiger partial charge in [0.1, 0.15) is 11.4 Å². The van der Waals surface area contributed by atoms with Crippen LogP contribution in [0.15, 0.2) is 18.2 Å². The second-order valence-corrected chi connectivity index (χ2v) is 5.45. The standard InChI is InChI=1S/C16H20FNO3/c1-16(2,3)21-15(20)18-9-5-4-6-13-10-12(11-19)7-8-14(13)17/h7-8,10,19H,5,9,11H2,1-3H3,(H,18,20). The molecule has 0 aliphatic rings. The number of hydrogen-bond acceptors (Lipinski definition) is 3. The van der Waals surface area contributed by atoms with Crippen molar-refractivity contribution >= 4 is 6.09 Å². The lowest BCUT2D eigenvalue weighted by Gasteiger charge is -2.19. The van der Waals surface area contributed by atoms with Crippen molar-refractivity contribution in [3.05, 3.63) is 35.1 Å². The van der Waals surface area contributed by atoms with Crippen molar-refractivity contribution < 1.29 is 19.0 Å². The van der Waals surface area contributed by atoms with Gasteiger partial charge in [-0.1, -0.05) is 17.9 Å². The first-order valence-electron chi connectivity index (χ1n) is 6.67. The number of nitrogens with one attached hydrogen (secondary N) is 1. The highest BCUT2D eigenvalue weighted by atomic mass is 19.1. The van der Waals surface area contributed by atoms with Crippen LogP contribution in [0.4, 0.5) is 9.18 Å². The fourth-order valence-corrected chi connectivity index (χ4v) is 1.47. The van der Waals surface area contributed by atoms with E-state index in [1.165, 1.54) is 18.2 Å². The molecule has 5 heteroatoms. The van der Waals surface area contributed by atoms with E-state index in [-0.39, 0.29) is 12.2 Å². The van der Waals surface area contributed by atoms with Gasteiger partial charge < -0.3 is 15.2 Å². The summed E-state index contributed by atoms with van der Waals surface area (Å²) < 4.78 is 18.5. The second kappa shape index (κ2) is 7.65. The Morgan fingerprint density at radius 3 is 2.76 bits per heavy atom. The molecule has 2 N–H and O–H groups in total. The summed E-state index contributed by atoms with van der Waals surface area (Å²) in [6.45, 7) is 5.51.